The summed E-state index contributed by atoms with van der Waals surface area (Å²) in [6, 6.07) is 10.3. The predicted octanol–water partition coefficient (Wildman–Crippen LogP) is 0.527. The lowest BCUT2D eigenvalue weighted by Crippen LogP contribution is -2.35. The average molecular weight is 339 g/mol. The third-order valence-electron chi connectivity index (χ3n) is 3.89. The summed E-state index contributed by atoms with van der Waals surface area (Å²) >= 11 is 0. The molecule has 0 bridgehead atoms. The van der Waals surface area contributed by atoms with Gasteiger partial charge in [0, 0.05) is 26.0 Å². The average Bonchev–Trinajstić information content (AvgIpc) is 2.84. The molecule has 128 valence electrons. The Morgan fingerprint density at radius 3 is 2.52 bits per heavy atom. The van der Waals surface area contributed by atoms with Crippen LogP contribution in [0.2, 0.25) is 0 Å². The Hall–Kier alpha value is -3.42. The van der Waals surface area contributed by atoms with Crippen LogP contribution in [0.25, 0.3) is 11.0 Å². The molecule has 0 spiro atoms. The van der Waals surface area contributed by atoms with Gasteiger partial charge in [0.2, 0.25) is 0 Å². The SMILES string of the molecule is Cn1c(=O)n(C)c2cc(NC(=O)C(=O)NCc3ccccn3)ccc21. The maximum atomic E-state index is 12.0. The third kappa shape index (κ3) is 3.27. The lowest BCUT2D eigenvalue weighted by molar-refractivity contribution is -0.136. The number of rotatable bonds is 3. The van der Waals surface area contributed by atoms with E-state index < -0.39 is 11.8 Å². The Morgan fingerprint density at radius 1 is 1.04 bits per heavy atom. The van der Waals surface area contributed by atoms with Crippen LogP contribution in [-0.4, -0.2) is 25.9 Å². The van der Waals surface area contributed by atoms with E-state index in [2.05, 4.69) is 15.6 Å². The van der Waals surface area contributed by atoms with Crippen LogP contribution in [-0.2, 0) is 30.2 Å². The summed E-state index contributed by atoms with van der Waals surface area (Å²) in [7, 11) is 3.32. The lowest BCUT2D eigenvalue weighted by atomic mass is 10.2. The number of nitrogens with one attached hydrogen (secondary N) is 2. The number of nitrogens with zero attached hydrogens (tertiary/aromatic N) is 3. The van der Waals surface area contributed by atoms with Crippen LogP contribution >= 0.6 is 0 Å². The minimum atomic E-state index is -0.781. The van der Waals surface area contributed by atoms with E-state index >= 15 is 0 Å². The predicted molar refractivity (Wildman–Crippen MR) is 92.9 cm³/mol. The van der Waals surface area contributed by atoms with Gasteiger partial charge in [-0.3, -0.25) is 23.7 Å². The van der Waals surface area contributed by atoms with Crippen molar-refractivity contribution in [3.8, 4) is 0 Å². The molecule has 25 heavy (non-hydrogen) atoms. The Kier molecular flexibility index (Phi) is 4.34. The van der Waals surface area contributed by atoms with Crippen molar-refractivity contribution in [2.75, 3.05) is 5.32 Å². The summed E-state index contributed by atoms with van der Waals surface area (Å²) in [5.41, 5.74) is 2.34. The van der Waals surface area contributed by atoms with Gasteiger partial charge < -0.3 is 10.6 Å². The molecule has 8 heteroatoms. The second-order valence-electron chi connectivity index (χ2n) is 5.56. The van der Waals surface area contributed by atoms with Crippen molar-refractivity contribution in [1.29, 1.82) is 0 Å². The molecule has 0 radical (unpaired) electrons. The van der Waals surface area contributed by atoms with Gasteiger partial charge in [0.1, 0.15) is 0 Å². The second kappa shape index (κ2) is 6.60. The lowest BCUT2D eigenvalue weighted by Gasteiger charge is -2.07. The molecule has 0 saturated carbocycles. The minimum Gasteiger partial charge on any atom is -0.342 e. The third-order valence-corrected chi connectivity index (χ3v) is 3.89. The number of pyridine rings is 1. The summed E-state index contributed by atoms with van der Waals surface area (Å²) in [5, 5.41) is 5.04. The highest BCUT2D eigenvalue weighted by molar-refractivity contribution is 6.39. The first-order valence-electron chi connectivity index (χ1n) is 7.62. The smallest absolute Gasteiger partial charge is 0.328 e. The molecule has 0 fully saturated rings. The van der Waals surface area contributed by atoms with Gasteiger partial charge in [-0.15, -0.1) is 0 Å². The second-order valence-corrected chi connectivity index (χ2v) is 5.56. The first-order valence-corrected chi connectivity index (χ1v) is 7.62. The molecule has 0 aliphatic carbocycles. The molecule has 3 aromatic rings. The number of aryl methyl sites for hydroxylation is 2. The number of carbonyl (C=O) groups excluding carboxylic acids is 2. The number of amides is 2. The van der Waals surface area contributed by atoms with Crippen LogP contribution in [0.1, 0.15) is 5.69 Å². The van der Waals surface area contributed by atoms with Crippen LogP contribution in [0.15, 0.2) is 47.4 Å². The molecular weight excluding hydrogens is 322 g/mol. The molecule has 2 heterocycles. The quantitative estimate of drug-likeness (QED) is 0.680. The van der Waals surface area contributed by atoms with Crippen molar-refractivity contribution in [3.63, 3.8) is 0 Å². The van der Waals surface area contributed by atoms with Gasteiger partial charge >= 0.3 is 17.5 Å². The number of imidazole rings is 1. The zero-order valence-corrected chi connectivity index (χ0v) is 13.8. The van der Waals surface area contributed by atoms with E-state index in [1.165, 1.54) is 9.13 Å². The fourth-order valence-corrected chi connectivity index (χ4v) is 2.53. The van der Waals surface area contributed by atoms with Crippen LogP contribution in [0.5, 0.6) is 0 Å². The minimum absolute atomic E-state index is 0.161. The number of anilines is 1. The van der Waals surface area contributed by atoms with Gasteiger partial charge in [-0.25, -0.2) is 4.79 Å². The highest BCUT2D eigenvalue weighted by Crippen LogP contribution is 2.17. The van der Waals surface area contributed by atoms with Gasteiger partial charge in [-0.05, 0) is 30.3 Å². The van der Waals surface area contributed by atoms with Crippen molar-refractivity contribution in [2.45, 2.75) is 6.54 Å². The van der Waals surface area contributed by atoms with E-state index in [1.54, 1.807) is 56.7 Å². The molecule has 2 amide bonds. The van der Waals surface area contributed by atoms with Gasteiger partial charge in [0.25, 0.3) is 0 Å². The first kappa shape index (κ1) is 16.4. The summed E-state index contributed by atoms with van der Waals surface area (Å²) in [6.07, 6.45) is 1.61. The van der Waals surface area contributed by atoms with Gasteiger partial charge in [-0.2, -0.15) is 0 Å². The van der Waals surface area contributed by atoms with Crippen LogP contribution in [0, 0.1) is 0 Å². The van der Waals surface area contributed by atoms with Gasteiger partial charge in [-0.1, -0.05) is 6.07 Å². The van der Waals surface area contributed by atoms with E-state index in [1.807, 2.05) is 0 Å². The largest absolute Gasteiger partial charge is 0.342 e. The van der Waals surface area contributed by atoms with E-state index in [-0.39, 0.29) is 12.2 Å². The molecule has 0 aliphatic heterocycles. The van der Waals surface area contributed by atoms with E-state index in [0.717, 1.165) is 5.52 Å². The molecule has 0 atom stereocenters. The van der Waals surface area contributed by atoms with Gasteiger partial charge in [0.05, 0.1) is 23.3 Å². The molecule has 1 aromatic carbocycles. The molecule has 0 saturated heterocycles. The number of hydrogen-bond donors (Lipinski definition) is 2. The Balaban J connectivity index is 1.70. The molecule has 3 rings (SSSR count). The Morgan fingerprint density at radius 2 is 1.80 bits per heavy atom. The van der Waals surface area contributed by atoms with Crippen molar-refractivity contribution < 1.29 is 9.59 Å². The highest BCUT2D eigenvalue weighted by Gasteiger charge is 2.15. The van der Waals surface area contributed by atoms with E-state index in [9.17, 15) is 14.4 Å². The molecule has 2 N–H and O–H groups in total. The first-order chi connectivity index (χ1) is 12.0. The Labute approximate surface area is 143 Å². The standard InChI is InChI=1S/C17H17N5O3/c1-21-13-7-6-11(9-14(13)22(2)17(21)25)20-16(24)15(23)19-10-12-5-3-4-8-18-12/h3-9H,10H2,1-2H3,(H,19,23)(H,20,24). The topological polar surface area (TPSA) is 98.0 Å². The van der Waals surface area contributed by atoms with E-state index in [0.29, 0.717) is 16.9 Å². The molecule has 2 aromatic heterocycles. The summed E-state index contributed by atoms with van der Waals surface area (Å²) in [5.74, 6) is -1.54. The molecular formula is C17H17N5O3. The molecule has 0 aliphatic rings. The number of benzene rings is 1. The van der Waals surface area contributed by atoms with Crippen LogP contribution in [0.3, 0.4) is 0 Å². The number of carbonyl (C=O) groups is 2. The summed E-state index contributed by atoms with van der Waals surface area (Å²) in [4.78, 5) is 39.9. The van der Waals surface area contributed by atoms with Crippen molar-refractivity contribution in [2.24, 2.45) is 14.1 Å². The van der Waals surface area contributed by atoms with Crippen LogP contribution < -0.4 is 16.3 Å². The molecule has 0 unspecified atom stereocenters. The fourth-order valence-electron chi connectivity index (χ4n) is 2.53. The monoisotopic (exact) mass is 339 g/mol. The summed E-state index contributed by atoms with van der Waals surface area (Å²) < 4.78 is 2.99. The normalized spacial score (nSPS) is 10.6. The zero-order chi connectivity index (χ0) is 18.0. The maximum Gasteiger partial charge on any atom is 0.328 e. The maximum absolute atomic E-state index is 12.0. The van der Waals surface area contributed by atoms with Crippen molar-refractivity contribution in [1.82, 2.24) is 19.4 Å². The highest BCUT2D eigenvalue weighted by atomic mass is 16.2. The van der Waals surface area contributed by atoms with E-state index in [4.69, 9.17) is 0 Å². The zero-order valence-electron chi connectivity index (χ0n) is 13.8. The fraction of sp³-hybridized carbons (Fsp3) is 0.176. The number of aromatic nitrogens is 3. The van der Waals surface area contributed by atoms with Crippen LogP contribution in [0.4, 0.5) is 5.69 Å². The van der Waals surface area contributed by atoms with Crippen molar-refractivity contribution in [3.05, 3.63) is 58.8 Å². The Bertz CT molecular complexity index is 1000. The van der Waals surface area contributed by atoms with Gasteiger partial charge in [0.15, 0.2) is 0 Å². The molecule has 8 nitrogen and oxygen atoms in total. The number of hydrogen-bond acceptors (Lipinski definition) is 4. The van der Waals surface area contributed by atoms with Crippen molar-refractivity contribution >= 4 is 28.5 Å². The summed E-state index contributed by atoms with van der Waals surface area (Å²) in [6.45, 7) is 0.166. The number of fused-ring (bicyclic) bond motifs is 1.